The molecule has 0 aliphatic heterocycles. The van der Waals surface area contributed by atoms with Crippen LogP contribution >= 0.6 is 0 Å². The van der Waals surface area contributed by atoms with Gasteiger partial charge in [0.2, 0.25) is 11.4 Å². The molecule has 2 heterocycles. The molecule has 0 spiro atoms. The summed E-state index contributed by atoms with van der Waals surface area (Å²) in [6, 6.07) is 24.5. The lowest BCUT2D eigenvalue weighted by Gasteiger charge is -2.09. The Balaban J connectivity index is 1.22. The van der Waals surface area contributed by atoms with E-state index in [-0.39, 0.29) is 5.56 Å². The zero-order chi connectivity index (χ0) is 24.2. The minimum absolute atomic E-state index is 0.162. The van der Waals surface area contributed by atoms with Gasteiger partial charge in [0.1, 0.15) is 0 Å². The zero-order valence-electron chi connectivity index (χ0n) is 18.3. The van der Waals surface area contributed by atoms with Gasteiger partial charge in [-0.25, -0.2) is 0 Å². The van der Waals surface area contributed by atoms with E-state index in [9.17, 15) is 14.4 Å². The van der Waals surface area contributed by atoms with Gasteiger partial charge in [0, 0.05) is 28.1 Å². The number of amides is 2. The Kier molecular flexibility index (Phi) is 5.83. The minimum Gasteiger partial charge on any atom is -0.322 e. The average Bonchev–Trinajstić information content (AvgIpc) is 3.36. The fourth-order valence-electron chi connectivity index (χ4n) is 3.58. The van der Waals surface area contributed by atoms with E-state index in [2.05, 4.69) is 31.2 Å². The number of pyridine rings is 1. The molecule has 10 nitrogen and oxygen atoms in total. The predicted octanol–water partition coefficient (Wildman–Crippen LogP) is 2.30. The molecule has 10 heteroatoms. The summed E-state index contributed by atoms with van der Waals surface area (Å²) in [4.78, 5) is 41.1. The Hall–Kier alpha value is -5.12. The largest absolute Gasteiger partial charge is 0.322 e. The van der Waals surface area contributed by atoms with Crippen molar-refractivity contribution in [3.05, 3.63) is 112 Å². The second-order valence-electron chi connectivity index (χ2n) is 7.71. The number of fused-ring (bicyclic) bond motifs is 1. The number of rotatable bonds is 5. The Morgan fingerprint density at radius 3 is 2.37 bits per heavy atom. The van der Waals surface area contributed by atoms with Crippen molar-refractivity contribution in [3.8, 4) is 11.4 Å². The summed E-state index contributed by atoms with van der Waals surface area (Å²) in [5.41, 5.74) is 7.13. The van der Waals surface area contributed by atoms with Gasteiger partial charge in [-0.15, -0.1) is 10.2 Å². The number of nitrogens with one attached hydrogen (secondary N) is 3. The molecule has 3 N–H and O–H groups in total. The maximum absolute atomic E-state index is 12.6. The number of H-pyrrole nitrogens is 1. The molecular formula is C25H19N7O3. The van der Waals surface area contributed by atoms with Crippen molar-refractivity contribution >= 4 is 22.7 Å². The molecule has 0 bridgehead atoms. The SMILES string of the molecule is O=C(NNC(=O)c1cc(=O)[nH]c2ccccc12)c1ccc(Cn2nnc(-c3ccccc3)n2)cc1. The maximum Gasteiger partial charge on any atom is 0.270 e. The Morgan fingerprint density at radius 1 is 0.857 bits per heavy atom. The van der Waals surface area contributed by atoms with Gasteiger partial charge in [0.05, 0.1) is 12.1 Å². The van der Waals surface area contributed by atoms with Gasteiger partial charge in [-0.2, -0.15) is 4.80 Å². The standard InChI is InChI=1S/C25H19N7O3/c33-22-14-20(19-8-4-5-9-21(19)26-22)25(35)29-28-24(34)18-12-10-16(11-13-18)15-32-30-23(27-31-32)17-6-2-1-3-7-17/h1-14H,15H2,(H,26,33)(H,28,34)(H,29,35). The summed E-state index contributed by atoms with van der Waals surface area (Å²) in [6.07, 6.45) is 0. The van der Waals surface area contributed by atoms with Crippen LogP contribution in [0.15, 0.2) is 89.7 Å². The molecule has 0 saturated carbocycles. The molecule has 2 amide bonds. The number of tetrazole rings is 1. The van der Waals surface area contributed by atoms with E-state index in [1.165, 1.54) is 10.9 Å². The summed E-state index contributed by atoms with van der Waals surface area (Å²) in [5.74, 6) is -0.557. The smallest absolute Gasteiger partial charge is 0.270 e. The highest BCUT2D eigenvalue weighted by Gasteiger charge is 2.13. The number of benzene rings is 3. The first-order valence-corrected chi connectivity index (χ1v) is 10.7. The van der Waals surface area contributed by atoms with Gasteiger partial charge < -0.3 is 4.98 Å². The molecule has 0 unspecified atom stereocenters. The van der Waals surface area contributed by atoms with Crippen molar-refractivity contribution in [1.29, 1.82) is 0 Å². The summed E-state index contributed by atoms with van der Waals surface area (Å²) < 4.78 is 0. The van der Waals surface area contributed by atoms with E-state index in [0.717, 1.165) is 11.1 Å². The third-order valence-corrected chi connectivity index (χ3v) is 5.31. The van der Waals surface area contributed by atoms with Crippen molar-refractivity contribution < 1.29 is 9.59 Å². The highest BCUT2D eigenvalue weighted by Crippen LogP contribution is 2.15. The van der Waals surface area contributed by atoms with Crippen LogP contribution in [-0.2, 0) is 6.54 Å². The third kappa shape index (κ3) is 4.81. The number of nitrogens with zero attached hydrogens (tertiary/aromatic N) is 4. The Bertz CT molecular complexity index is 1570. The first kappa shape index (κ1) is 21.7. The number of aromatic amines is 1. The van der Waals surface area contributed by atoms with Crippen LogP contribution in [0.25, 0.3) is 22.3 Å². The van der Waals surface area contributed by atoms with E-state index in [1.807, 2.05) is 30.3 Å². The minimum atomic E-state index is -0.594. The van der Waals surface area contributed by atoms with Crippen LogP contribution in [0, 0.1) is 0 Å². The van der Waals surface area contributed by atoms with E-state index in [1.54, 1.807) is 48.5 Å². The van der Waals surface area contributed by atoms with Crippen LogP contribution in [0.3, 0.4) is 0 Å². The first-order valence-electron chi connectivity index (χ1n) is 10.7. The molecule has 0 saturated heterocycles. The van der Waals surface area contributed by atoms with Crippen molar-refractivity contribution in [1.82, 2.24) is 36.0 Å². The van der Waals surface area contributed by atoms with Crippen LogP contribution < -0.4 is 16.4 Å². The lowest BCUT2D eigenvalue weighted by Crippen LogP contribution is -2.42. The topological polar surface area (TPSA) is 135 Å². The number of aromatic nitrogens is 5. The molecule has 5 rings (SSSR count). The average molecular weight is 465 g/mol. The molecule has 0 fully saturated rings. The summed E-state index contributed by atoms with van der Waals surface area (Å²) in [5, 5.41) is 13.1. The van der Waals surface area contributed by atoms with Gasteiger partial charge in [0.15, 0.2) is 0 Å². The highest BCUT2D eigenvalue weighted by molar-refractivity contribution is 6.07. The lowest BCUT2D eigenvalue weighted by atomic mass is 10.1. The normalized spacial score (nSPS) is 10.7. The van der Waals surface area contributed by atoms with Crippen molar-refractivity contribution in [2.45, 2.75) is 6.54 Å². The molecular weight excluding hydrogens is 446 g/mol. The lowest BCUT2D eigenvalue weighted by molar-refractivity contribution is 0.0847. The van der Waals surface area contributed by atoms with Crippen LogP contribution in [0.5, 0.6) is 0 Å². The van der Waals surface area contributed by atoms with Gasteiger partial charge in [-0.1, -0.05) is 60.7 Å². The molecule has 0 radical (unpaired) electrons. The molecule has 5 aromatic rings. The second-order valence-corrected chi connectivity index (χ2v) is 7.71. The summed E-state index contributed by atoms with van der Waals surface area (Å²) in [7, 11) is 0. The first-order chi connectivity index (χ1) is 17.1. The zero-order valence-corrected chi connectivity index (χ0v) is 18.3. The van der Waals surface area contributed by atoms with Crippen LogP contribution in [0.2, 0.25) is 0 Å². The number of hydrogen-bond donors (Lipinski definition) is 3. The van der Waals surface area contributed by atoms with Gasteiger partial charge in [-0.05, 0) is 29.0 Å². The van der Waals surface area contributed by atoms with Crippen molar-refractivity contribution in [2.24, 2.45) is 0 Å². The van der Waals surface area contributed by atoms with E-state index >= 15 is 0 Å². The molecule has 35 heavy (non-hydrogen) atoms. The number of carbonyl (C=O) groups excluding carboxylic acids is 2. The van der Waals surface area contributed by atoms with Gasteiger partial charge in [-0.3, -0.25) is 25.2 Å². The Morgan fingerprint density at radius 2 is 1.57 bits per heavy atom. The molecule has 2 aromatic heterocycles. The van der Waals surface area contributed by atoms with Gasteiger partial charge >= 0.3 is 0 Å². The quantitative estimate of drug-likeness (QED) is 0.341. The molecule has 0 aliphatic carbocycles. The van der Waals surface area contributed by atoms with Crippen LogP contribution in [0.4, 0.5) is 0 Å². The highest BCUT2D eigenvalue weighted by atomic mass is 16.2. The fourth-order valence-corrected chi connectivity index (χ4v) is 3.58. The van der Waals surface area contributed by atoms with Gasteiger partial charge in [0.25, 0.3) is 11.8 Å². The molecule has 3 aromatic carbocycles. The second kappa shape index (κ2) is 9.40. The van der Waals surface area contributed by atoms with E-state index < -0.39 is 17.4 Å². The van der Waals surface area contributed by atoms with Crippen molar-refractivity contribution in [2.75, 3.05) is 0 Å². The Labute approximate surface area is 198 Å². The number of hydrogen-bond acceptors (Lipinski definition) is 6. The molecule has 0 atom stereocenters. The monoisotopic (exact) mass is 465 g/mol. The predicted molar refractivity (Wildman–Crippen MR) is 128 cm³/mol. The van der Waals surface area contributed by atoms with Crippen LogP contribution in [0.1, 0.15) is 26.3 Å². The molecule has 172 valence electrons. The van der Waals surface area contributed by atoms with E-state index in [0.29, 0.717) is 28.8 Å². The summed E-state index contributed by atoms with van der Waals surface area (Å²) in [6.45, 7) is 0.383. The molecule has 0 aliphatic rings. The number of para-hydroxylation sites is 1. The summed E-state index contributed by atoms with van der Waals surface area (Å²) >= 11 is 0. The van der Waals surface area contributed by atoms with E-state index in [4.69, 9.17) is 0 Å². The fraction of sp³-hybridized carbons (Fsp3) is 0.0400. The third-order valence-electron chi connectivity index (χ3n) is 5.31. The van der Waals surface area contributed by atoms with Crippen LogP contribution in [-0.4, -0.2) is 37.0 Å². The number of carbonyl (C=O) groups is 2. The van der Waals surface area contributed by atoms with Crippen molar-refractivity contribution in [3.63, 3.8) is 0 Å². The number of hydrazine groups is 1. The maximum atomic E-state index is 12.6.